The van der Waals surface area contributed by atoms with Crippen molar-refractivity contribution in [3.8, 4) is 0 Å². The van der Waals surface area contributed by atoms with Gasteiger partial charge in [-0.1, -0.05) is 22.6 Å². The minimum absolute atomic E-state index is 0.396. The summed E-state index contributed by atoms with van der Waals surface area (Å²) in [7, 11) is 0. The van der Waals surface area contributed by atoms with E-state index in [4.69, 9.17) is 5.11 Å². The molecule has 0 aromatic heterocycles. The Kier molecular flexibility index (Phi) is 1.17. The Bertz CT molecular complexity index is 118. The van der Waals surface area contributed by atoms with E-state index in [0.717, 1.165) is 6.42 Å². The third-order valence-electron chi connectivity index (χ3n) is 2.72. The van der Waals surface area contributed by atoms with Crippen molar-refractivity contribution in [2.75, 3.05) is 6.61 Å². The summed E-state index contributed by atoms with van der Waals surface area (Å²) in [5.74, 6) is 0. The molecule has 1 N–H and O–H groups in total. The molecule has 3 saturated carbocycles. The normalized spacial score (nSPS) is 54.0. The standard InChI is InChI=1S/C7H11IO/c8-7-3-6(4-7,5-7)1-2-9/h9H,1-5H2. The van der Waals surface area contributed by atoms with Crippen molar-refractivity contribution in [1.29, 1.82) is 0 Å². The number of alkyl halides is 1. The number of rotatable bonds is 2. The van der Waals surface area contributed by atoms with Gasteiger partial charge >= 0.3 is 0 Å². The molecule has 0 unspecified atom stereocenters. The van der Waals surface area contributed by atoms with Gasteiger partial charge in [-0.05, 0) is 31.1 Å². The largest absolute Gasteiger partial charge is 0.396 e. The molecule has 0 aromatic carbocycles. The van der Waals surface area contributed by atoms with E-state index in [0.29, 0.717) is 15.4 Å². The van der Waals surface area contributed by atoms with Crippen LogP contribution in [0.5, 0.6) is 0 Å². The maximum Gasteiger partial charge on any atom is 0.0436 e. The predicted octanol–water partition coefficient (Wildman–Crippen LogP) is 1.73. The van der Waals surface area contributed by atoms with Gasteiger partial charge in [-0.25, -0.2) is 0 Å². The second kappa shape index (κ2) is 1.64. The molecule has 3 rings (SSSR count). The van der Waals surface area contributed by atoms with Crippen molar-refractivity contribution >= 4 is 22.6 Å². The van der Waals surface area contributed by atoms with Crippen LogP contribution >= 0.6 is 22.6 Å². The molecule has 2 bridgehead atoms. The topological polar surface area (TPSA) is 20.2 Å². The highest BCUT2D eigenvalue weighted by molar-refractivity contribution is 14.1. The highest BCUT2D eigenvalue weighted by Gasteiger charge is 2.65. The van der Waals surface area contributed by atoms with Crippen LogP contribution in [0.4, 0.5) is 0 Å². The number of halogens is 1. The molecule has 0 spiro atoms. The van der Waals surface area contributed by atoms with Crippen LogP contribution in [0.3, 0.4) is 0 Å². The molecule has 3 aliphatic rings. The molecule has 0 radical (unpaired) electrons. The van der Waals surface area contributed by atoms with Crippen molar-refractivity contribution < 1.29 is 5.11 Å². The number of aliphatic hydroxyl groups excluding tert-OH is 1. The van der Waals surface area contributed by atoms with Crippen molar-refractivity contribution in [3.63, 3.8) is 0 Å². The van der Waals surface area contributed by atoms with E-state index in [1.54, 1.807) is 0 Å². The fourth-order valence-electron chi connectivity index (χ4n) is 2.36. The molecule has 0 saturated heterocycles. The van der Waals surface area contributed by atoms with Gasteiger partial charge in [0.15, 0.2) is 0 Å². The maximum atomic E-state index is 8.67. The zero-order valence-corrected chi connectivity index (χ0v) is 7.52. The molecule has 1 nitrogen and oxygen atoms in total. The Morgan fingerprint density at radius 2 is 1.89 bits per heavy atom. The molecule has 0 amide bonds. The maximum absolute atomic E-state index is 8.67. The molecular weight excluding hydrogens is 227 g/mol. The average Bonchev–Trinajstić information content (AvgIpc) is 1.60. The Balaban J connectivity index is 1.90. The summed E-state index contributed by atoms with van der Waals surface area (Å²) in [6.45, 7) is 0.396. The molecule has 52 valence electrons. The molecule has 0 aliphatic heterocycles. The van der Waals surface area contributed by atoms with Gasteiger partial charge in [0.25, 0.3) is 0 Å². The summed E-state index contributed by atoms with van der Waals surface area (Å²) in [6, 6.07) is 0. The van der Waals surface area contributed by atoms with E-state index >= 15 is 0 Å². The molecular formula is C7H11IO. The Labute approximate surface area is 69.0 Å². The van der Waals surface area contributed by atoms with Crippen LogP contribution < -0.4 is 0 Å². The monoisotopic (exact) mass is 238 g/mol. The third-order valence-corrected chi connectivity index (χ3v) is 3.86. The minimum Gasteiger partial charge on any atom is -0.396 e. The highest BCUT2D eigenvalue weighted by atomic mass is 127. The lowest BCUT2D eigenvalue weighted by Crippen LogP contribution is -2.63. The number of hydrogen-bond donors (Lipinski definition) is 1. The Hall–Kier alpha value is 0.690. The SMILES string of the molecule is OCCC12CC(I)(C1)C2. The van der Waals surface area contributed by atoms with Crippen LogP contribution in [0, 0.1) is 5.41 Å². The molecule has 0 aromatic rings. The van der Waals surface area contributed by atoms with Crippen molar-refractivity contribution in [2.45, 2.75) is 29.1 Å². The van der Waals surface area contributed by atoms with Crippen molar-refractivity contribution in [3.05, 3.63) is 0 Å². The number of hydrogen-bond acceptors (Lipinski definition) is 1. The van der Waals surface area contributed by atoms with Gasteiger partial charge in [-0.2, -0.15) is 0 Å². The summed E-state index contributed by atoms with van der Waals surface area (Å²) in [5, 5.41) is 8.67. The first-order valence-electron chi connectivity index (χ1n) is 3.48. The van der Waals surface area contributed by atoms with E-state index in [1.807, 2.05) is 0 Å². The molecule has 3 aliphatic carbocycles. The zero-order chi connectivity index (χ0) is 6.54. The second-order valence-corrected chi connectivity index (χ2v) is 5.94. The summed E-state index contributed by atoms with van der Waals surface area (Å²) in [6.07, 6.45) is 5.18. The van der Waals surface area contributed by atoms with Crippen LogP contribution in [0.1, 0.15) is 25.7 Å². The zero-order valence-electron chi connectivity index (χ0n) is 5.36. The van der Waals surface area contributed by atoms with Gasteiger partial charge in [0.05, 0.1) is 0 Å². The molecule has 0 atom stereocenters. The van der Waals surface area contributed by atoms with E-state index in [2.05, 4.69) is 22.6 Å². The van der Waals surface area contributed by atoms with Crippen molar-refractivity contribution in [1.82, 2.24) is 0 Å². The first kappa shape index (κ1) is 6.40. The second-order valence-electron chi connectivity index (χ2n) is 3.65. The van der Waals surface area contributed by atoms with Crippen LogP contribution in [0.25, 0.3) is 0 Å². The van der Waals surface area contributed by atoms with Gasteiger partial charge in [-0.15, -0.1) is 0 Å². The lowest BCUT2D eigenvalue weighted by Gasteiger charge is -2.68. The first-order valence-corrected chi connectivity index (χ1v) is 4.56. The molecule has 9 heavy (non-hydrogen) atoms. The Morgan fingerprint density at radius 1 is 1.33 bits per heavy atom. The van der Waals surface area contributed by atoms with Crippen LogP contribution in [-0.2, 0) is 0 Å². The summed E-state index contributed by atoms with van der Waals surface area (Å²) in [5.41, 5.74) is 0.621. The average molecular weight is 238 g/mol. The van der Waals surface area contributed by atoms with Gasteiger partial charge in [0.1, 0.15) is 0 Å². The lowest BCUT2D eigenvalue weighted by atomic mass is 9.43. The van der Waals surface area contributed by atoms with Gasteiger partial charge in [0, 0.05) is 10.0 Å². The highest BCUT2D eigenvalue weighted by Crippen LogP contribution is 2.73. The predicted molar refractivity (Wildman–Crippen MR) is 44.7 cm³/mol. The Morgan fingerprint density at radius 3 is 2.22 bits per heavy atom. The fraction of sp³-hybridized carbons (Fsp3) is 1.00. The summed E-state index contributed by atoms with van der Waals surface area (Å²) in [4.78, 5) is 0. The van der Waals surface area contributed by atoms with Gasteiger partial charge in [0.2, 0.25) is 0 Å². The number of aliphatic hydroxyl groups is 1. The van der Waals surface area contributed by atoms with Crippen LogP contribution in [-0.4, -0.2) is 15.1 Å². The smallest absolute Gasteiger partial charge is 0.0436 e. The van der Waals surface area contributed by atoms with Crippen molar-refractivity contribution in [2.24, 2.45) is 5.41 Å². The lowest BCUT2D eigenvalue weighted by molar-refractivity contribution is -0.0788. The molecule has 0 heterocycles. The molecule has 3 fully saturated rings. The summed E-state index contributed by atoms with van der Waals surface area (Å²) < 4.78 is 0.687. The first-order chi connectivity index (χ1) is 4.18. The minimum atomic E-state index is 0.396. The van der Waals surface area contributed by atoms with E-state index in [9.17, 15) is 0 Å². The van der Waals surface area contributed by atoms with Gasteiger partial charge < -0.3 is 5.11 Å². The van der Waals surface area contributed by atoms with E-state index < -0.39 is 0 Å². The molecule has 2 heteroatoms. The van der Waals surface area contributed by atoms with E-state index in [-0.39, 0.29) is 0 Å². The van der Waals surface area contributed by atoms with Crippen LogP contribution in [0.15, 0.2) is 0 Å². The van der Waals surface area contributed by atoms with Gasteiger partial charge in [-0.3, -0.25) is 0 Å². The fourth-order valence-corrected chi connectivity index (χ4v) is 4.79. The third kappa shape index (κ3) is 0.755. The summed E-state index contributed by atoms with van der Waals surface area (Å²) >= 11 is 2.56. The van der Waals surface area contributed by atoms with E-state index in [1.165, 1.54) is 19.3 Å². The van der Waals surface area contributed by atoms with Crippen LogP contribution in [0.2, 0.25) is 0 Å². The quantitative estimate of drug-likeness (QED) is 0.573.